The third-order valence-electron chi connectivity index (χ3n) is 3.30. The molecule has 0 saturated heterocycles. The number of hydrogen-bond acceptors (Lipinski definition) is 2. The van der Waals surface area contributed by atoms with E-state index in [1.54, 1.807) is 7.11 Å². The SMILES string of the molecule is COc1ccccc1N(C)c1ccc(CBr)c(C)c1. The first-order valence-corrected chi connectivity index (χ1v) is 7.31. The van der Waals surface area contributed by atoms with E-state index in [9.17, 15) is 0 Å². The molecule has 0 fully saturated rings. The molecular weight excluding hydrogens is 302 g/mol. The zero-order valence-electron chi connectivity index (χ0n) is 11.5. The van der Waals surface area contributed by atoms with E-state index >= 15 is 0 Å². The van der Waals surface area contributed by atoms with Gasteiger partial charge in [0.1, 0.15) is 5.75 Å². The summed E-state index contributed by atoms with van der Waals surface area (Å²) in [5, 5.41) is 0.886. The molecule has 3 heteroatoms. The lowest BCUT2D eigenvalue weighted by Gasteiger charge is -2.22. The van der Waals surface area contributed by atoms with Gasteiger partial charge >= 0.3 is 0 Å². The fraction of sp³-hybridized carbons (Fsp3) is 0.250. The molecule has 0 bridgehead atoms. The molecule has 0 aliphatic rings. The molecule has 100 valence electrons. The Hall–Kier alpha value is -1.48. The Morgan fingerprint density at radius 2 is 1.89 bits per heavy atom. The predicted molar refractivity (Wildman–Crippen MR) is 84.9 cm³/mol. The van der Waals surface area contributed by atoms with Gasteiger partial charge in [0.25, 0.3) is 0 Å². The average molecular weight is 320 g/mol. The van der Waals surface area contributed by atoms with E-state index in [-0.39, 0.29) is 0 Å². The van der Waals surface area contributed by atoms with E-state index in [0.29, 0.717) is 0 Å². The highest BCUT2D eigenvalue weighted by atomic mass is 79.9. The Morgan fingerprint density at radius 1 is 1.16 bits per heavy atom. The van der Waals surface area contributed by atoms with Gasteiger partial charge in [-0.05, 0) is 42.3 Å². The van der Waals surface area contributed by atoms with Gasteiger partial charge in [-0.1, -0.05) is 34.1 Å². The Labute approximate surface area is 123 Å². The lowest BCUT2D eigenvalue weighted by Crippen LogP contribution is -2.11. The molecule has 0 aliphatic heterocycles. The molecule has 0 heterocycles. The van der Waals surface area contributed by atoms with Gasteiger partial charge in [-0.15, -0.1) is 0 Å². The van der Waals surface area contributed by atoms with E-state index in [0.717, 1.165) is 22.5 Å². The molecule has 2 aromatic rings. The third-order valence-corrected chi connectivity index (χ3v) is 3.91. The number of hydrogen-bond donors (Lipinski definition) is 0. The van der Waals surface area contributed by atoms with Crippen molar-refractivity contribution in [2.45, 2.75) is 12.3 Å². The summed E-state index contributed by atoms with van der Waals surface area (Å²) in [5.41, 5.74) is 4.83. The standard InChI is InChI=1S/C16H18BrNO/c1-12-10-14(9-8-13(12)11-17)18(2)15-6-4-5-7-16(15)19-3/h4-10H,11H2,1-3H3. The number of halogens is 1. The number of methoxy groups -OCH3 is 1. The summed E-state index contributed by atoms with van der Waals surface area (Å²) < 4.78 is 5.41. The number of anilines is 2. The highest BCUT2D eigenvalue weighted by molar-refractivity contribution is 9.08. The monoisotopic (exact) mass is 319 g/mol. The van der Waals surface area contributed by atoms with Gasteiger partial charge in [-0.3, -0.25) is 0 Å². The van der Waals surface area contributed by atoms with Gasteiger partial charge in [-0.25, -0.2) is 0 Å². The molecule has 19 heavy (non-hydrogen) atoms. The van der Waals surface area contributed by atoms with Crippen LogP contribution < -0.4 is 9.64 Å². The second kappa shape index (κ2) is 6.11. The Balaban J connectivity index is 2.38. The van der Waals surface area contributed by atoms with Gasteiger partial charge in [0.15, 0.2) is 0 Å². The Kier molecular flexibility index (Phi) is 4.48. The molecule has 0 atom stereocenters. The molecule has 2 nitrogen and oxygen atoms in total. The summed E-state index contributed by atoms with van der Waals surface area (Å²) in [6, 6.07) is 14.5. The quantitative estimate of drug-likeness (QED) is 0.759. The summed E-state index contributed by atoms with van der Waals surface area (Å²) in [5.74, 6) is 0.882. The van der Waals surface area contributed by atoms with E-state index < -0.39 is 0 Å². The number of alkyl halides is 1. The number of rotatable bonds is 4. The summed E-state index contributed by atoms with van der Waals surface area (Å²) in [4.78, 5) is 2.14. The molecule has 0 spiro atoms. The number of ether oxygens (including phenoxy) is 1. The second-order valence-corrected chi connectivity index (χ2v) is 5.04. The van der Waals surface area contributed by atoms with Gasteiger partial charge in [-0.2, -0.15) is 0 Å². The van der Waals surface area contributed by atoms with Gasteiger partial charge < -0.3 is 9.64 Å². The Bertz CT molecular complexity index is 568. The van der Waals surface area contributed by atoms with Gasteiger partial charge in [0.05, 0.1) is 12.8 Å². The summed E-state index contributed by atoms with van der Waals surface area (Å²) >= 11 is 3.50. The summed E-state index contributed by atoms with van der Waals surface area (Å²) in [6.07, 6.45) is 0. The minimum atomic E-state index is 0.882. The van der Waals surface area contributed by atoms with Gasteiger partial charge in [0, 0.05) is 18.1 Å². The lowest BCUT2D eigenvalue weighted by atomic mass is 10.1. The fourth-order valence-electron chi connectivity index (χ4n) is 2.08. The molecule has 0 amide bonds. The first kappa shape index (κ1) is 13.9. The predicted octanol–water partition coefficient (Wildman–Crippen LogP) is 4.67. The van der Waals surface area contributed by atoms with Crippen LogP contribution in [0.2, 0.25) is 0 Å². The first-order valence-electron chi connectivity index (χ1n) is 6.19. The van der Waals surface area contributed by atoms with Crippen LogP contribution in [0.1, 0.15) is 11.1 Å². The van der Waals surface area contributed by atoms with Crippen molar-refractivity contribution in [3.05, 3.63) is 53.6 Å². The van der Waals surface area contributed by atoms with Crippen molar-refractivity contribution in [3.8, 4) is 5.75 Å². The normalized spacial score (nSPS) is 10.3. The number of benzene rings is 2. The number of nitrogens with zero attached hydrogens (tertiary/aromatic N) is 1. The van der Waals surface area contributed by atoms with Crippen molar-refractivity contribution in [2.24, 2.45) is 0 Å². The fourth-order valence-corrected chi connectivity index (χ4v) is 2.71. The maximum Gasteiger partial charge on any atom is 0.142 e. The Morgan fingerprint density at radius 3 is 2.53 bits per heavy atom. The van der Waals surface area contributed by atoms with Crippen molar-refractivity contribution in [1.82, 2.24) is 0 Å². The van der Waals surface area contributed by atoms with Crippen LogP contribution in [-0.2, 0) is 5.33 Å². The van der Waals surface area contributed by atoms with Crippen LogP contribution in [0.25, 0.3) is 0 Å². The van der Waals surface area contributed by atoms with E-state index in [4.69, 9.17) is 4.74 Å². The molecule has 0 saturated carbocycles. The zero-order valence-corrected chi connectivity index (χ0v) is 13.1. The summed E-state index contributed by atoms with van der Waals surface area (Å²) in [6.45, 7) is 2.14. The molecule has 0 unspecified atom stereocenters. The molecule has 0 N–H and O–H groups in total. The minimum absolute atomic E-state index is 0.882. The molecule has 2 aromatic carbocycles. The van der Waals surface area contributed by atoms with Gasteiger partial charge in [0.2, 0.25) is 0 Å². The summed E-state index contributed by atoms with van der Waals surface area (Å²) in [7, 11) is 3.76. The topological polar surface area (TPSA) is 12.5 Å². The van der Waals surface area contributed by atoms with Crippen molar-refractivity contribution >= 4 is 27.3 Å². The molecule has 0 aromatic heterocycles. The maximum absolute atomic E-state index is 5.41. The highest BCUT2D eigenvalue weighted by Gasteiger charge is 2.10. The average Bonchev–Trinajstić information content (AvgIpc) is 2.46. The first-order chi connectivity index (χ1) is 9.17. The second-order valence-electron chi connectivity index (χ2n) is 4.48. The minimum Gasteiger partial charge on any atom is -0.495 e. The van der Waals surface area contributed by atoms with Crippen molar-refractivity contribution in [3.63, 3.8) is 0 Å². The molecule has 2 rings (SSSR count). The zero-order chi connectivity index (χ0) is 13.8. The van der Waals surface area contributed by atoms with Crippen LogP contribution in [0.4, 0.5) is 11.4 Å². The molecular formula is C16H18BrNO. The highest BCUT2D eigenvalue weighted by Crippen LogP contribution is 2.33. The maximum atomic E-state index is 5.41. The van der Waals surface area contributed by atoms with E-state index in [2.05, 4.69) is 59.1 Å². The smallest absolute Gasteiger partial charge is 0.142 e. The van der Waals surface area contributed by atoms with Crippen LogP contribution in [0.3, 0.4) is 0 Å². The van der Waals surface area contributed by atoms with Crippen LogP contribution in [0.5, 0.6) is 5.75 Å². The van der Waals surface area contributed by atoms with Crippen molar-refractivity contribution in [2.75, 3.05) is 19.1 Å². The van der Waals surface area contributed by atoms with Crippen molar-refractivity contribution < 1.29 is 4.74 Å². The van der Waals surface area contributed by atoms with Crippen LogP contribution in [0, 0.1) is 6.92 Å². The van der Waals surface area contributed by atoms with E-state index in [1.807, 2.05) is 18.2 Å². The van der Waals surface area contributed by atoms with E-state index in [1.165, 1.54) is 11.1 Å². The molecule has 0 aliphatic carbocycles. The molecule has 0 radical (unpaired) electrons. The number of para-hydroxylation sites is 2. The third kappa shape index (κ3) is 2.92. The van der Waals surface area contributed by atoms with Crippen LogP contribution in [0.15, 0.2) is 42.5 Å². The number of aryl methyl sites for hydroxylation is 1. The lowest BCUT2D eigenvalue weighted by molar-refractivity contribution is 0.415. The van der Waals surface area contributed by atoms with Crippen LogP contribution >= 0.6 is 15.9 Å². The largest absolute Gasteiger partial charge is 0.495 e. The van der Waals surface area contributed by atoms with Crippen molar-refractivity contribution in [1.29, 1.82) is 0 Å². The van der Waals surface area contributed by atoms with Crippen LogP contribution in [-0.4, -0.2) is 14.2 Å².